The van der Waals surface area contributed by atoms with E-state index in [1.54, 1.807) is 17.5 Å². The van der Waals surface area contributed by atoms with Crippen LogP contribution in [0.15, 0.2) is 46.7 Å². The molecule has 2 aromatic rings. The number of benzene rings is 1. The minimum absolute atomic E-state index is 0.0208. The number of nitrogens with one attached hydrogen (secondary N) is 1. The van der Waals surface area contributed by atoms with Crippen LogP contribution in [0.4, 0.5) is 4.39 Å². The molecule has 0 saturated heterocycles. The van der Waals surface area contributed by atoms with Gasteiger partial charge in [-0.3, -0.25) is 4.79 Å². The summed E-state index contributed by atoms with van der Waals surface area (Å²) in [6.07, 6.45) is 1.72. The molecule has 0 aliphatic heterocycles. The number of rotatable bonds is 6. The van der Waals surface area contributed by atoms with Crippen LogP contribution in [-0.4, -0.2) is 20.9 Å². The van der Waals surface area contributed by atoms with Crippen molar-refractivity contribution in [3.63, 3.8) is 0 Å². The molecule has 1 N–H and O–H groups in total. The summed E-state index contributed by atoms with van der Waals surface area (Å²) < 4.78 is 38.8. The largest absolute Gasteiger partial charge is 0.354 e. The number of sulfone groups is 1. The molecule has 1 aliphatic rings. The van der Waals surface area contributed by atoms with Crippen LogP contribution >= 0.6 is 11.3 Å². The second-order valence-electron chi connectivity index (χ2n) is 5.52. The highest BCUT2D eigenvalue weighted by atomic mass is 32.2. The van der Waals surface area contributed by atoms with E-state index in [0.29, 0.717) is 4.88 Å². The van der Waals surface area contributed by atoms with Crippen molar-refractivity contribution in [2.45, 2.75) is 23.0 Å². The van der Waals surface area contributed by atoms with Crippen LogP contribution in [0.5, 0.6) is 0 Å². The van der Waals surface area contributed by atoms with Gasteiger partial charge < -0.3 is 5.32 Å². The lowest BCUT2D eigenvalue weighted by Crippen LogP contribution is -2.32. The molecule has 1 aromatic carbocycles. The molecule has 7 heteroatoms. The lowest BCUT2D eigenvalue weighted by molar-refractivity contribution is -0.122. The molecule has 1 amide bonds. The number of thiophene rings is 1. The van der Waals surface area contributed by atoms with Gasteiger partial charge in [0, 0.05) is 17.3 Å². The van der Waals surface area contributed by atoms with E-state index in [4.69, 9.17) is 0 Å². The Labute approximate surface area is 138 Å². The van der Waals surface area contributed by atoms with Crippen molar-refractivity contribution < 1.29 is 17.6 Å². The van der Waals surface area contributed by atoms with Crippen molar-refractivity contribution in [3.8, 4) is 0 Å². The zero-order chi connectivity index (χ0) is 16.4. The highest BCUT2D eigenvalue weighted by molar-refractivity contribution is 7.91. The minimum atomic E-state index is -3.71. The fraction of sp³-hybridized carbons (Fsp3) is 0.312. The number of hydrogen-bond donors (Lipinski definition) is 1. The van der Waals surface area contributed by atoms with Gasteiger partial charge in [0.25, 0.3) is 0 Å². The molecule has 1 fully saturated rings. The molecule has 1 atom stereocenters. The van der Waals surface area contributed by atoms with Gasteiger partial charge in [-0.25, -0.2) is 12.8 Å². The predicted molar refractivity (Wildman–Crippen MR) is 86.4 cm³/mol. The van der Waals surface area contributed by atoms with Gasteiger partial charge in [0.05, 0.1) is 4.90 Å². The highest BCUT2D eigenvalue weighted by Gasteiger charge is 2.33. The molecule has 0 bridgehead atoms. The number of amides is 1. The van der Waals surface area contributed by atoms with Crippen molar-refractivity contribution in [3.05, 3.63) is 52.5 Å². The van der Waals surface area contributed by atoms with Crippen LogP contribution in [-0.2, 0) is 14.6 Å². The third kappa shape index (κ3) is 3.61. The maximum absolute atomic E-state index is 13.0. The lowest BCUT2D eigenvalue weighted by Gasteiger charge is -2.17. The second kappa shape index (κ2) is 6.41. The van der Waals surface area contributed by atoms with Crippen LogP contribution in [0.3, 0.4) is 0 Å². The molecular formula is C16H16FNO3S2. The van der Waals surface area contributed by atoms with E-state index in [1.807, 2.05) is 0 Å². The number of hydrogen-bond acceptors (Lipinski definition) is 4. The number of carbonyl (C=O) groups is 1. The summed E-state index contributed by atoms with van der Waals surface area (Å²) in [5.74, 6) is -0.563. The van der Waals surface area contributed by atoms with Gasteiger partial charge in [-0.15, -0.1) is 11.3 Å². The third-order valence-electron chi connectivity index (χ3n) is 3.79. The second-order valence-corrected chi connectivity index (χ2v) is 8.63. The van der Waals surface area contributed by atoms with Gasteiger partial charge in [-0.05, 0) is 48.6 Å². The summed E-state index contributed by atoms with van der Waals surface area (Å²) in [6.45, 7) is 0.0234. The Bertz CT molecular complexity index is 781. The molecule has 1 aliphatic carbocycles. The SMILES string of the molecule is O=C(NC[C@H](c1cccs1)S(=O)(=O)c1ccc(F)cc1)C1CC1. The molecule has 0 unspecified atom stereocenters. The average molecular weight is 353 g/mol. The standard InChI is InChI=1S/C16H16FNO3S2/c17-12-5-7-13(8-6-12)23(20,21)15(14-2-1-9-22-14)10-18-16(19)11-3-4-11/h1-2,5-9,11,15H,3-4,10H2,(H,18,19)/t15-/m1/s1. The molecule has 0 radical (unpaired) electrons. The topological polar surface area (TPSA) is 63.2 Å². The molecule has 1 heterocycles. The van der Waals surface area contributed by atoms with Crippen LogP contribution in [0.2, 0.25) is 0 Å². The fourth-order valence-corrected chi connectivity index (χ4v) is 5.09. The van der Waals surface area contributed by atoms with E-state index in [-0.39, 0.29) is 23.3 Å². The van der Waals surface area contributed by atoms with E-state index in [0.717, 1.165) is 25.0 Å². The van der Waals surface area contributed by atoms with Crippen molar-refractivity contribution >= 4 is 27.1 Å². The van der Waals surface area contributed by atoms with Gasteiger partial charge in [-0.2, -0.15) is 0 Å². The third-order valence-corrected chi connectivity index (χ3v) is 7.02. The molecule has 1 saturated carbocycles. The van der Waals surface area contributed by atoms with Gasteiger partial charge in [0.15, 0.2) is 9.84 Å². The van der Waals surface area contributed by atoms with Crippen LogP contribution in [0.25, 0.3) is 0 Å². The number of carbonyl (C=O) groups excluding carboxylic acids is 1. The molecule has 0 spiro atoms. The summed E-state index contributed by atoms with van der Waals surface area (Å²) in [4.78, 5) is 12.5. The average Bonchev–Trinajstić information content (AvgIpc) is 3.24. The van der Waals surface area contributed by atoms with Gasteiger partial charge in [-0.1, -0.05) is 6.07 Å². The normalized spacial score (nSPS) is 16.0. The van der Waals surface area contributed by atoms with E-state index in [2.05, 4.69) is 5.32 Å². The van der Waals surface area contributed by atoms with Crippen LogP contribution in [0, 0.1) is 11.7 Å². The molecule has 4 nitrogen and oxygen atoms in total. The van der Waals surface area contributed by atoms with Crippen molar-refractivity contribution in [2.24, 2.45) is 5.92 Å². The first-order valence-electron chi connectivity index (χ1n) is 7.29. The Hall–Kier alpha value is -1.73. The molecule has 3 rings (SSSR count). The summed E-state index contributed by atoms with van der Waals surface area (Å²) in [7, 11) is -3.71. The van der Waals surface area contributed by atoms with E-state index < -0.39 is 20.9 Å². The zero-order valence-corrected chi connectivity index (χ0v) is 13.9. The zero-order valence-electron chi connectivity index (χ0n) is 12.2. The summed E-state index contributed by atoms with van der Waals surface area (Å²) >= 11 is 1.33. The van der Waals surface area contributed by atoms with Gasteiger partial charge >= 0.3 is 0 Å². The summed E-state index contributed by atoms with van der Waals surface area (Å²) in [5.41, 5.74) is 0. The minimum Gasteiger partial charge on any atom is -0.354 e. The van der Waals surface area contributed by atoms with Gasteiger partial charge in [0.2, 0.25) is 5.91 Å². The maximum atomic E-state index is 13.0. The van der Waals surface area contributed by atoms with Crippen LogP contribution in [0.1, 0.15) is 23.0 Å². The van der Waals surface area contributed by atoms with E-state index >= 15 is 0 Å². The Morgan fingerprint density at radius 1 is 1.26 bits per heavy atom. The molecule has 1 aromatic heterocycles. The van der Waals surface area contributed by atoms with E-state index in [1.165, 1.54) is 23.5 Å². The first-order valence-corrected chi connectivity index (χ1v) is 9.71. The Morgan fingerprint density at radius 2 is 1.96 bits per heavy atom. The quantitative estimate of drug-likeness (QED) is 0.812. The van der Waals surface area contributed by atoms with E-state index in [9.17, 15) is 17.6 Å². The maximum Gasteiger partial charge on any atom is 0.223 e. The van der Waals surface area contributed by atoms with Crippen molar-refractivity contribution in [1.82, 2.24) is 5.32 Å². The molecular weight excluding hydrogens is 337 g/mol. The van der Waals surface area contributed by atoms with Crippen molar-refractivity contribution in [2.75, 3.05) is 6.54 Å². The Balaban J connectivity index is 1.87. The predicted octanol–water partition coefficient (Wildman–Crippen LogP) is 2.93. The van der Waals surface area contributed by atoms with Crippen LogP contribution < -0.4 is 5.32 Å². The molecule has 122 valence electrons. The summed E-state index contributed by atoms with van der Waals surface area (Å²) in [6, 6.07) is 8.28. The Kier molecular flexibility index (Phi) is 4.50. The Morgan fingerprint density at radius 3 is 2.52 bits per heavy atom. The first kappa shape index (κ1) is 16.1. The monoisotopic (exact) mass is 353 g/mol. The summed E-state index contributed by atoms with van der Waals surface area (Å²) in [5, 5.41) is 3.67. The highest BCUT2D eigenvalue weighted by Crippen LogP contribution is 2.33. The smallest absolute Gasteiger partial charge is 0.223 e. The molecule has 23 heavy (non-hydrogen) atoms. The number of halogens is 1. The lowest BCUT2D eigenvalue weighted by atomic mass is 10.3. The first-order chi connectivity index (χ1) is 11.0. The van der Waals surface area contributed by atoms with Crippen molar-refractivity contribution in [1.29, 1.82) is 0 Å². The fourth-order valence-electron chi connectivity index (χ4n) is 2.31. The van der Waals surface area contributed by atoms with Gasteiger partial charge in [0.1, 0.15) is 11.1 Å².